The maximum Gasteiger partial charge on any atom is 0.191 e. The largest absolute Gasteiger partial charge is 0.357 e. The molecule has 5 aliphatic rings. The zero-order chi connectivity index (χ0) is 16.8. The number of sulfone groups is 1. The van der Waals surface area contributed by atoms with E-state index in [1.807, 2.05) is 0 Å². The molecular formula is C18H32IN3O2S. The first-order chi connectivity index (χ1) is 11.5. The summed E-state index contributed by atoms with van der Waals surface area (Å²) in [4.78, 5) is 4.91. The molecule has 1 heterocycles. The highest BCUT2D eigenvalue weighted by molar-refractivity contribution is 14.0. The zero-order valence-electron chi connectivity index (χ0n) is 15.2. The Morgan fingerprint density at radius 1 is 1.12 bits per heavy atom. The Kier molecular flexibility index (Phi) is 5.93. The fourth-order valence-electron chi connectivity index (χ4n) is 6.15. The number of hydrogen-bond donors (Lipinski definition) is 2. The summed E-state index contributed by atoms with van der Waals surface area (Å²) in [6.45, 7) is 3.78. The Hall–Kier alpha value is -0.0500. The lowest BCUT2D eigenvalue weighted by Gasteiger charge is -2.56. The van der Waals surface area contributed by atoms with Gasteiger partial charge >= 0.3 is 0 Å². The van der Waals surface area contributed by atoms with Gasteiger partial charge in [-0.2, -0.15) is 0 Å². The number of rotatable bonds is 4. The minimum Gasteiger partial charge on any atom is -0.357 e. The van der Waals surface area contributed by atoms with Crippen LogP contribution in [0.3, 0.4) is 0 Å². The third kappa shape index (κ3) is 4.45. The van der Waals surface area contributed by atoms with Gasteiger partial charge in [0.25, 0.3) is 0 Å². The minimum atomic E-state index is -2.85. The van der Waals surface area contributed by atoms with Crippen LogP contribution in [0.15, 0.2) is 4.99 Å². The Labute approximate surface area is 169 Å². The van der Waals surface area contributed by atoms with Crippen LogP contribution in [0.5, 0.6) is 0 Å². The lowest BCUT2D eigenvalue weighted by Crippen LogP contribution is -2.49. The van der Waals surface area contributed by atoms with Crippen LogP contribution in [-0.4, -0.2) is 45.0 Å². The Morgan fingerprint density at radius 3 is 2.20 bits per heavy atom. The molecule has 144 valence electrons. The van der Waals surface area contributed by atoms with Crippen molar-refractivity contribution < 1.29 is 8.42 Å². The molecule has 2 N–H and O–H groups in total. The maximum absolute atomic E-state index is 11.7. The average molecular weight is 481 g/mol. The second-order valence-corrected chi connectivity index (χ2v) is 11.1. The normalized spacial score (nSPS) is 41.4. The van der Waals surface area contributed by atoms with E-state index in [0.29, 0.717) is 17.6 Å². The summed E-state index contributed by atoms with van der Waals surface area (Å²) in [7, 11) is -2.85. The van der Waals surface area contributed by atoms with Crippen molar-refractivity contribution in [1.29, 1.82) is 0 Å². The third-order valence-electron chi connectivity index (χ3n) is 6.66. The molecule has 4 saturated carbocycles. The molecule has 1 saturated heterocycles. The standard InChI is InChI=1S/C18H31N3O2S.HI/c1-2-19-17(21-16-3-4-24(22,23)11-16)20-12-18-8-13-5-14(9-18)7-15(6-13)10-18;/h13-16H,2-12H2,1H3,(H2,19,20,21);1H. The predicted octanol–water partition coefficient (Wildman–Crippen LogP) is 2.56. The van der Waals surface area contributed by atoms with Crippen LogP contribution in [0.25, 0.3) is 0 Å². The molecule has 25 heavy (non-hydrogen) atoms. The molecule has 5 rings (SSSR count). The first-order valence-corrected chi connectivity index (χ1v) is 11.5. The zero-order valence-corrected chi connectivity index (χ0v) is 18.3. The molecule has 0 aromatic carbocycles. The summed E-state index contributed by atoms with van der Waals surface area (Å²) in [5.41, 5.74) is 0.429. The van der Waals surface area contributed by atoms with Gasteiger partial charge in [-0.15, -0.1) is 24.0 Å². The first-order valence-electron chi connectivity index (χ1n) is 9.70. The molecule has 0 aromatic rings. The molecule has 0 radical (unpaired) electrons. The highest BCUT2D eigenvalue weighted by atomic mass is 127. The molecule has 7 heteroatoms. The maximum atomic E-state index is 11.7. The fraction of sp³-hybridized carbons (Fsp3) is 0.944. The fourth-order valence-corrected chi connectivity index (χ4v) is 7.83. The molecule has 0 aromatic heterocycles. The van der Waals surface area contributed by atoms with Crippen molar-refractivity contribution in [3.05, 3.63) is 0 Å². The smallest absolute Gasteiger partial charge is 0.191 e. The van der Waals surface area contributed by atoms with Crippen molar-refractivity contribution in [3.8, 4) is 0 Å². The van der Waals surface area contributed by atoms with Gasteiger partial charge in [0.1, 0.15) is 0 Å². The van der Waals surface area contributed by atoms with E-state index in [-0.39, 0.29) is 35.8 Å². The molecule has 1 atom stereocenters. The van der Waals surface area contributed by atoms with Crippen molar-refractivity contribution in [2.24, 2.45) is 28.2 Å². The van der Waals surface area contributed by atoms with Crippen molar-refractivity contribution in [2.75, 3.05) is 24.6 Å². The molecular weight excluding hydrogens is 449 g/mol. The first kappa shape index (κ1) is 19.7. The van der Waals surface area contributed by atoms with Crippen LogP contribution in [0.4, 0.5) is 0 Å². The van der Waals surface area contributed by atoms with Crippen LogP contribution in [0.2, 0.25) is 0 Å². The topological polar surface area (TPSA) is 70.6 Å². The predicted molar refractivity (Wildman–Crippen MR) is 112 cm³/mol. The highest BCUT2D eigenvalue weighted by Gasteiger charge is 2.50. The lowest BCUT2D eigenvalue weighted by molar-refractivity contribution is -0.0465. The van der Waals surface area contributed by atoms with Crippen LogP contribution in [0.1, 0.15) is 51.9 Å². The average Bonchev–Trinajstić information content (AvgIpc) is 2.83. The van der Waals surface area contributed by atoms with Gasteiger partial charge in [0, 0.05) is 19.1 Å². The van der Waals surface area contributed by atoms with Gasteiger partial charge in [0.05, 0.1) is 11.5 Å². The van der Waals surface area contributed by atoms with Gasteiger partial charge in [-0.05, 0) is 75.0 Å². The summed E-state index contributed by atoms with van der Waals surface area (Å²) in [6, 6.07) is 0.0177. The second kappa shape index (κ2) is 7.52. The summed E-state index contributed by atoms with van der Waals surface area (Å²) >= 11 is 0. The molecule has 0 amide bonds. The number of nitrogens with one attached hydrogen (secondary N) is 2. The third-order valence-corrected chi connectivity index (χ3v) is 8.42. The van der Waals surface area contributed by atoms with Crippen molar-refractivity contribution in [2.45, 2.75) is 57.9 Å². The second-order valence-electron chi connectivity index (χ2n) is 8.86. The minimum absolute atomic E-state index is 0. The van der Waals surface area contributed by atoms with Crippen LogP contribution >= 0.6 is 24.0 Å². The van der Waals surface area contributed by atoms with Crippen molar-refractivity contribution in [1.82, 2.24) is 10.6 Å². The molecule has 0 spiro atoms. The van der Waals surface area contributed by atoms with Crippen LogP contribution in [-0.2, 0) is 9.84 Å². The lowest BCUT2D eigenvalue weighted by atomic mass is 9.49. The quantitative estimate of drug-likeness (QED) is 0.368. The molecule has 4 bridgehead atoms. The molecule has 5 fully saturated rings. The van der Waals surface area contributed by atoms with E-state index in [1.165, 1.54) is 38.5 Å². The molecule has 1 aliphatic heterocycles. The summed E-state index contributed by atoms with van der Waals surface area (Å²) in [5, 5.41) is 6.68. The molecule has 5 nitrogen and oxygen atoms in total. The van der Waals surface area contributed by atoms with Crippen LogP contribution < -0.4 is 10.6 Å². The van der Waals surface area contributed by atoms with Crippen molar-refractivity contribution >= 4 is 39.8 Å². The van der Waals surface area contributed by atoms with Gasteiger partial charge in [-0.1, -0.05) is 0 Å². The SMILES string of the molecule is CCNC(=NCC12CC3CC(CC(C3)C1)C2)NC1CCS(=O)(=O)C1.I. The van der Waals surface area contributed by atoms with E-state index in [2.05, 4.69) is 17.6 Å². The van der Waals surface area contributed by atoms with Crippen molar-refractivity contribution in [3.63, 3.8) is 0 Å². The summed E-state index contributed by atoms with van der Waals surface area (Å²) in [5.74, 6) is 4.20. The van der Waals surface area contributed by atoms with E-state index in [4.69, 9.17) is 4.99 Å². The summed E-state index contributed by atoms with van der Waals surface area (Å²) in [6.07, 6.45) is 9.16. The van der Waals surface area contributed by atoms with E-state index in [1.54, 1.807) is 0 Å². The van der Waals surface area contributed by atoms with Gasteiger partial charge in [-0.25, -0.2) is 8.42 Å². The van der Waals surface area contributed by atoms with E-state index < -0.39 is 9.84 Å². The highest BCUT2D eigenvalue weighted by Crippen LogP contribution is 2.60. The summed E-state index contributed by atoms with van der Waals surface area (Å²) < 4.78 is 23.3. The number of nitrogens with zero attached hydrogens (tertiary/aromatic N) is 1. The monoisotopic (exact) mass is 481 g/mol. The molecule has 1 unspecified atom stereocenters. The van der Waals surface area contributed by atoms with Gasteiger partial charge < -0.3 is 10.6 Å². The van der Waals surface area contributed by atoms with E-state index >= 15 is 0 Å². The Balaban J connectivity index is 0.00000182. The van der Waals surface area contributed by atoms with Gasteiger partial charge in [0.15, 0.2) is 15.8 Å². The Bertz CT molecular complexity index is 585. The van der Waals surface area contributed by atoms with E-state index in [9.17, 15) is 8.42 Å². The number of aliphatic imine (C=N–C) groups is 1. The number of hydrogen-bond acceptors (Lipinski definition) is 3. The Morgan fingerprint density at radius 2 is 1.72 bits per heavy atom. The van der Waals surface area contributed by atoms with Gasteiger partial charge in [-0.3, -0.25) is 4.99 Å². The number of guanidine groups is 1. The number of halogens is 1. The van der Waals surface area contributed by atoms with E-state index in [0.717, 1.165) is 36.8 Å². The van der Waals surface area contributed by atoms with Gasteiger partial charge in [0.2, 0.25) is 0 Å². The molecule has 4 aliphatic carbocycles. The van der Waals surface area contributed by atoms with Crippen LogP contribution in [0, 0.1) is 23.2 Å².